The lowest BCUT2D eigenvalue weighted by Crippen LogP contribution is -2.34. The monoisotopic (exact) mass is 381 g/mol. The van der Waals surface area contributed by atoms with Crippen LogP contribution >= 0.6 is 0 Å². The molecule has 4 heteroatoms. The molecule has 2 atom stereocenters. The van der Waals surface area contributed by atoms with Gasteiger partial charge in [-0.05, 0) is 75.9 Å². The lowest BCUT2D eigenvalue weighted by atomic mass is 9.86. The summed E-state index contributed by atoms with van der Waals surface area (Å²) in [5, 5.41) is 3.37. The summed E-state index contributed by atoms with van der Waals surface area (Å²) in [4.78, 5) is 12.9. The summed E-state index contributed by atoms with van der Waals surface area (Å²) in [6.45, 7) is 8.14. The predicted octanol–water partition coefficient (Wildman–Crippen LogP) is 4.38. The lowest BCUT2D eigenvalue weighted by Gasteiger charge is -2.27. The third kappa shape index (κ3) is 6.10. The molecule has 1 fully saturated rings. The summed E-state index contributed by atoms with van der Waals surface area (Å²) >= 11 is 0. The molecule has 0 aromatic heterocycles. The molecule has 150 valence electrons. The molecule has 4 nitrogen and oxygen atoms in total. The molecule has 0 amide bonds. The van der Waals surface area contributed by atoms with Gasteiger partial charge < -0.3 is 14.8 Å². The quantitative estimate of drug-likeness (QED) is 0.723. The van der Waals surface area contributed by atoms with Gasteiger partial charge in [0.05, 0.1) is 5.92 Å². The van der Waals surface area contributed by atoms with Gasteiger partial charge in [0.2, 0.25) is 0 Å². The van der Waals surface area contributed by atoms with E-state index in [9.17, 15) is 4.79 Å². The lowest BCUT2D eigenvalue weighted by molar-refractivity contribution is -0.161. The SMILES string of the molecule is CC(C)(C)OC(=O)C(Cc1cccc(OCc2ccccc2)c1)[C@H]1CCNC1. The van der Waals surface area contributed by atoms with Crippen LogP contribution in [0.25, 0.3) is 0 Å². The van der Waals surface area contributed by atoms with Crippen molar-refractivity contribution in [3.63, 3.8) is 0 Å². The van der Waals surface area contributed by atoms with Gasteiger partial charge in [-0.3, -0.25) is 4.79 Å². The summed E-state index contributed by atoms with van der Waals surface area (Å²) in [7, 11) is 0. The fourth-order valence-corrected chi connectivity index (χ4v) is 3.60. The van der Waals surface area contributed by atoms with Crippen LogP contribution in [0.1, 0.15) is 38.3 Å². The Kier molecular flexibility index (Phi) is 6.74. The molecule has 2 aromatic rings. The van der Waals surface area contributed by atoms with Crippen LogP contribution in [0.4, 0.5) is 0 Å². The number of esters is 1. The first-order valence-corrected chi connectivity index (χ1v) is 10.1. The predicted molar refractivity (Wildman–Crippen MR) is 111 cm³/mol. The number of hydrogen-bond acceptors (Lipinski definition) is 4. The highest BCUT2D eigenvalue weighted by atomic mass is 16.6. The maximum Gasteiger partial charge on any atom is 0.310 e. The van der Waals surface area contributed by atoms with Crippen LogP contribution in [0.15, 0.2) is 54.6 Å². The largest absolute Gasteiger partial charge is 0.489 e. The van der Waals surface area contributed by atoms with Crippen LogP contribution in [0, 0.1) is 11.8 Å². The number of nitrogens with one attached hydrogen (secondary N) is 1. The zero-order chi connectivity index (χ0) is 20.0. The first kappa shape index (κ1) is 20.4. The normalized spacial score (nSPS) is 17.9. The summed E-state index contributed by atoms with van der Waals surface area (Å²) in [5.41, 5.74) is 1.77. The topological polar surface area (TPSA) is 47.6 Å². The minimum absolute atomic E-state index is 0.100. The summed E-state index contributed by atoms with van der Waals surface area (Å²) in [5.74, 6) is 0.896. The molecular weight excluding hydrogens is 350 g/mol. The van der Waals surface area contributed by atoms with Crippen molar-refractivity contribution >= 4 is 5.97 Å². The highest BCUT2D eigenvalue weighted by Gasteiger charge is 2.34. The van der Waals surface area contributed by atoms with Crippen molar-refractivity contribution in [2.24, 2.45) is 11.8 Å². The molecule has 0 aliphatic carbocycles. The van der Waals surface area contributed by atoms with Gasteiger partial charge in [0, 0.05) is 0 Å². The van der Waals surface area contributed by atoms with Gasteiger partial charge in [-0.2, -0.15) is 0 Å². The summed E-state index contributed by atoms with van der Waals surface area (Å²) < 4.78 is 11.7. The Morgan fingerprint density at radius 3 is 2.54 bits per heavy atom. The molecule has 1 unspecified atom stereocenters. The molecule has 1 heterocycles. The zero-order valence-corrected chi connectivity index (χ0v) is 17.1. The Morgan fingerprint density at radius 1 is 1.11 bits per heavy atom. The number of rotatable bonds is 7. The molecule has 0 radical (unpaired) electrons. The van der Waals surface area contributed by atoms with E-state index in [4.69, 9.17) is 9.47 Å². The van der Waals surface area contributed by atoms with Gasteiger partial charge >= 0.3 is 5.97 Å². The second kappa shape index (κ2) is 9.24. The van der Waals surface area contributed by atoms with Crippen molar-refractivity contribution in [2.45, 2.75) is 45.8 Å². The van der Waals surface area contributed by atoms with Crippen molar-refractivity contribution in [3.05, 3.63) is 65.7 Å². The van der Waals surface area contributed by atoms with Crippen LogP contribution in [0.3, 0.4) is 0 Å². The second-order valence-electron chi connectivity index (χ2n) is 8.52. The Balaban J connectivity index is 1.68. The van der Waals surface area contributed by atoms with E-state index in [0.717, 1.165) is 36.4 Å². The smallest absolute Gasteiger partial charge is 0.310 e. The standard InChI is InChI=1S/C24H31NO3/c1-24(2,3)28-23(26)22(20-12-13-25-16-20)15-19-10-7-11-21(14-19)27-17-18-8-5-4-6-9-18/h4-11,14,20,22,25H,12-13,15-17H2,1-3H3/t20-,22?/m0/s1. The van der Waals surface area contributed by atoms with Crippen molar-refractivity contribution in [2.75, 3.05) is 13.1 Å². The van der Waals surface area contributed by atoms with Gasteiger partial charge in [0.25, 0.3) is 0 Å². The van der Waals surface area contributed by atoms with E-state index in [1.54, 1.807) is 0 Å². The van der Waals surface area contributed by atoms with Gasteiger partial charge in [-0.25, -0.2) is 0 Å². The van der Waals surface area contributed by atoms with E-state index in [-0.39, 0.29) is 11.9 Å². The van der Waals surface area contributed by atoms with E-state index in [1.165, 1.54) is 0 Å². The van der Waals surface area contributed by atoms with E-state index in [2.05, 4.69) is 23.5 Å². The molecule has 0 spiro atoms. The number of benzene rings is 2. The van der Waals surface area contributed by atoms with E-state index >= 15 is 0 Å². The Morgan fingerprint density at radius 2 is 1.86 bits per heavy atom. The van der Waals surface area contributed by atoms with E-state index in [1.807, 2.05) is 57.2 Å². The van der Waals surface area contributed by atoms with Gasteiger partial charge in [-0.15, -0.1) is 0 Å². The molecule has 1 N–H and O–H groups in total. The van der Waals surface area contributed by atoms with E-state index in [0.29, 0.717) is 18.9 Å². The number of ether oxygens (including phenoxy) is 2. The van der Waals surface area contributed by atoms with Gasteiger partial charge in [-0.1, -0.05) is 42.5 Å². The average molecular weight is 382 g/mol. The minimum Gasteiger partial charge on any atom is -0.489 e. The fraction of sp³-hybridized carbons (Fsp3) is 0.458. The van der Waals surface area contributed by atoms with Crippen molar-refractivity contribution < 1.29 is 14.3 Å². The van der Waals surface area contributed by atoms with Gasteiger partial charge in [0.15, 0.2) is 0 Å². The Labute approximate surface area is 168 Å². The second-order valence-corrected chi connectivity index (χ2v) is 8.52. The molecule has 0 bridgehead atoms. The number of carbonyl (C=O) groups excluding carboxylic acids is 1. The maximum absolute atomic E-state index is 12.9. The van der Waals surface area contributed by atoms with Gasteiger partial charge in [0.1, 0.15) is 18.0 Å². The molecular formula is C24H31NO3. The Hall–Kier alpha value is -2.33. The molecule has 3 rings (SSSR count). The fourth-order valence-electron chi connectivity index (χ4n) is 3.60. The van der Waals surface area contributed by atoms with Crippen LogP contribution < -0.4 is 10.1 Å². The molecule has 28 heavy (non-hydrogen) atoms. The molecule has 1 aliphatic rings. The van der Waals surface area contributed by atoms with Crippen LogP contribution in [0.2, 0.25) is 0 Å². The van der Waals surface area contributed by atoms with Crippen LogP contribution in [-0.2, 0) is 22.6 Å². The average Bonchev–Trinajstić information content (AvgIpc) is 3.18. The summed E-state index contributed by atoms with van der Waals surface area (Å²) in [6, 6.07) is 18.2. The van der Waals surface area contributed by atoms with Crippen molar-refractivity contribution in [1.82, 2.24) is 5.32 Å². The summed E-state index contributed by atoms with van der Waals surface area (Å²) in [6.07, 6.45) is 1.68. The first-order chi connectivity index (χ1) is 13.4. The highest BCUT2D eigenvalue weighted by Crippen LogP contribution is 2.27. The number of carbonyl (C=O) groups is 1. The van der Waals surface area contributed by atoms with Crippen LogP contribution in [0.5, 0.6) is 5.75 Å². The maximum atomic E-state index is 12.9. The highest BCUT2D eigenvalue weighted by molar-refractivity contribution is 5.73. The zero-order valence-electron chi connectivity index (χ0n) is 17.1. The minimum atomic E-state index is -0.470. The number of hydrogen-bond donors (Lipinski definition) is 1. The van der Waals surface area contributed by atoms with Crippen LogP contribution in [-0.4, -0.2) is 24.7 Å². The molecule has 1 aliphatic heterocycles. The molecule has 0 saturated carbocycles. The molecule has 2 aromatic carbocycles. The van der Waals surface area contributed by atoms with Crippen molar-refractivity contribution in [1.29, 1.82) is 0 Å². The Bertz CT molecular complexity index is 761. The van der Waals surface area contributed by atoms with E-state index < -0.39 is 5.60 Å². The third-order valence-electron chi connectivity index (χ3n) is 4.98. The third-order valence-corrected chi connectivity index (χ3v) is 4.98. The first-order valence-electron chi connectivity index (χ1n) is 10.1. The molecule has 1 saturated heterocycles. The van der Waals surface area contributed by atoms with Crippen molar-refractivity contribution in [3.8, 4) is 5.75 Å².